The minimum atomic E-state index is 0.590. The standard InChI is InChI=1S/C18H30N2O/c1-5-15-8-6-7-9-16(15)19-17-12-14(13-20(2)3)10-11-18(17)21-4/h10-12,15-16,19H,5-9,13H2,1-4H3. The molecule has 2 unspecified atom stereocenters. The van der Waals surface area contributed by atoms with E-state index in [-0.39, 0.29) is 0 Å². The maximum Gasteiger partial charge on any atom is 0.141 e. The van der Waals surface area contributed by atoms with Crippen molar-refractivity contribution in [3.63, 3.8) is 0 Å². The fourth-order valence-electron chi connectivity index (χ4n) is 3.42. The van der Waals surface area contributed by atoms with Crippen LogP contribution in [0, 0.1) is 5.92 Å². The molecule has 1 aliphatic rings. The molecule has 0 bridgehead atoms. The maximum atomic E-state index is 5.54. The molecule has 0 aromatic heterocycles. The summed E-state index contributed by atoms with van der Waals surface area (Å²) in [4.78, 5) is 2.20. The zero-order chi connectivity index (χ0) is 15.2. The van der Waals surface area contributed by atoms with Gasteiger partial charge in [0, 0.05) is 12.6 Å². The van der Waals surface area contributed by atoms with Crippen LogP contribution in [0.3, 0.4) is 0 Å². The smallest absolute Gasteiger partial charge is 0.141 e. The van der Waals surface area contributed by atoms with Crippen LogP contribution in [0.1, 0.15) is 44.6 Å². The second-order valence-electron chi connectivity index (χ2n) is 6.48. The van der Waals surface area contributed by atoms with E-state index in [4.69, 9.17) is 4.74 Å². The average molecular weight is 290 g/mol. The van der Waals surface area contributed by atoms with Crippen molar-refractivity contribution in [2.24, 2.45) is 5.92 Å². The van der Waals surface area contributed by atoms with E-state index < -0.39 is 0 Å². The summed E-state index contributed by atoms with van der Waals surface area (Å²) in [6.45, 7) is 3.27. The van der Waals surface area contributed by atoms with Gasteiger partial charge in [0.05, 0.1) is 12.8 Å². The first-order valence-electron chi connectivity index (χ1n) is 8.22. The van der Waals surface area contributed by atoms with E-state index >= 15 is 0 Å². The first-order valence-corrected chi connectivity index (χ1v) is 8.22. The summed E-state index contributed by atoms with van der Waals surface area (Å²) < 4.78 is 5.54. The van der Waals surface area contributed by atoms with Crippen molar-refractivity contribution in [2.45, 2.75) is 51.6 Å². The highest BCUT2D eigenvalue weighted by Crippen LogP contribution is 2.33. The van der Waals surface area contributed by atoms with Gasteiger partial charge in [-0.15, -0.1) is 0 Å². The number of hydrogen-bond donors (Lipinski definition) is 1. The van der Waals surface area contributed by atoms with Gasteiger partial charge in [-0.25, -0.2) is 0 Å². The Balaban J connectivity index is 2.15. The monoisotopic (exact) mass is 290 g/mol. The number of methoxy groups -OCH3 is 1. The van der Waals surface area contributed by atoms with Crippen LogP contribution in [0.4, 0.5) is 5.69 Å². The molecule has 1 N–H and O–H groups in total. The summed E-state index contributed by atoms with van der Waals surface area (Å²) in [6.07, 6.45) is 6.62. The Morgan fingerprint density at radius 1 is 1.24 bits per heavy atom. The van der Waals surface area contributed by atoms with Gasteiger partial charge < -0.3 is 15.0 Å². The molecule has 3 nitrogen and oxygen atoms in total. The van der Waals surface area contributed by atoms with E-state index in [2.05, 4.69) is 49.4 Å². The average Bonchev–Trinajstić information content (AvgIpc) is 2.47. The SMILES string of the molecule is CCC1CCCCC1Nc1cc(CN(C)C)ccc1OC. The van der Waals surface area contributed by atoms with Crippen LogP contribution in [0.25, 0.3) is 0 Å². The van der Waals surface area contributed by atoms with Crippen LogP contribution in [-0.4, -0.2) is 32.1 Å². The molecule has 0 radical (unpaired) electrons. The van der Waals surface area contributed by atoms with Crippen LogP contribution < -0.4 is 10.1 Å². The van der Waals surface area contributed by atoms with Crippen molar-refractivity contribution in [1.29, 1.82) is 0 Å². The van der Waals surface area contributed by atoms with E-state index in [9.17, 15) is 0 Å². The van der Waals surface area contributed by atoms with Gasteiger partial charge in [-0.3, -0.25) is 0 Å². The van der Waals surface area contributed by atoms with Crippen molar-refractivity contribution in [3.05, 3.63) is 23.8 Å². The Bertz CT molecular complexity index is 445. The zero-order valence-corrected chi connectivity index (χ0v) is 14.0. The summed E-state index contributed by atoms with van der Waals surface area (Å²) in [7, 11) is 5.96. The van der Waals surface area contributed by atoms with Crippen LogP contribution >= 0.6 is 0 Å². The number of anilines is 1. The number of benzene rings is 1. The summed E-state index contributed by atoms with van der Waals surface area (Å²) >= 11 is 0. The lowest BCUT2D eigenvalue weighted by atomic mass is 9.82. The normalized spacial score (nSPS) is 22.3. The Hall–Kier alpha value is -1.22. The predicted molar refractivity (Wildman–Crippen MR) is 90.0 cm³/mol. The largest absolute Gasteiger partial charge is 0.495 e. The molecule has 3 heteroatoms. The highest BCUT2D eigenvalue weighted by molar-refractivity contribution is 5.58. The van der Waals surface area contributed by atoms with Crippen LogP contribution in [0.2, 0.25) is 0 Å². The predicted octanol–water partition coefficient (Wildman–Crippen LogP) is 4.14. The molecule has 0 saturated heterocycles. The van der Waals surface area contributed by atoms with Crippen molar-refractivity contribution >= 4 is 5.69 Å². The van der Waals surface area contributed by atoms with Gasteiger partial charge in [0.15, 0.2) is 0 Å². The summed E-state index contributed by atoms with van der Waals surface area (Å²) in [5, 5.41) is 3.77. The summed E-state index contributed by atoms with van der Waals surface area (Å²) in [5.74, 6) is 1.75. The lowest BCUT2D eigenvalue weighted by molar-refractivity contribution is 0.316. The lowest BCUT2D eigenvalue weighted by Gasteiger charge is -2.33. The summed E-state index contributed by atoms with van der Waals surface area (Å²) in [5.41, 5.74) is 2.48. The van der Waals surface area contributed by atoms with Gasteiger partial charge in [0.1, 0.15) is 5.75 Å². The van der Waals surface area contributed by atoms with Crippen molar-refractivity contribution in [1.82, 2.24) is 4.90 Å². The maximum absolute atomic E-state index is 5.54. The van der Waals surface area contributed by atoms with Gasteiger partial charge in [-0.05, 0) is 50.6 Å². The van der Waals surface area contributed by atoms with Crippen LogP contribution in [0.5, 0.6) is 5.75 Å². The van der Waals surface area contributed by atoms with E-state index in [0.29, 0.717) is 6.04 Å². The highest BCUT2D eigenvalue weighted by atomic mass is 16.5. The van der Waals surface area contributed by atoms with Crippen molar-refractivity contribution < 1.29 is 4.74 Å². The Morgan fingerprint density at radius 3 is 2.67 bits per heavy atom. The molecule has 1 aromatic carbocycles. The van der Waals surface area contributed by atoms with Gasteiger partial charge >= 0.3 is 0 Å². The molecule has 0 amide bonds. The van der Waals surface area contributed by atoms with E-state index in [1.165, 1.54) is 37.7 Å². The minimum absolute atomic E-state index is 0.590. The third kappa shape index (κ3) is 4.37. The van der Waals surface area contributed by atoms with Crippen molar-refractivity contribution in [3.8, 4) is 5.75 Å². The molecular weight excluding hydrogens is 260 g/mol. The molecule has 1 saturated carbocycles. The molecule has 0 heterocycles. The number of nitrogens with zero attached hydrogens (tertiary/aromatic N) is 1. The summed E-state index contributed by atoms with van der Waals surface area (Å²) in [6, 6.07) is 7.08. The third-order valence-electron chi connectivity index (χ3n) is 4.54. The first-order chi connectivity index (χ1) is 10.1. The second-order valence-corrected chi connectivity index (χ2v) is 6.48. The van der Waals surface area contributed by atoms with Crippen molar-refractivity contribution in [2.75, 3.05) is 26.5 Å². The van der Waals surface area contributed by atoms with E-state index in [1.54, 1.807) is 7.11 Å². The third-order valence-corrected chi connectivity index (χ3v) is 4.54. The topological polar surface area (TPSA) is 24.5 Å². The molecule has 2 atom stereocenters. The molecule has 1 aliphatic carbocycles. The molecule has 1 fully saturated rings. The number of ether oxygens (including phenoxy) is 1. The quantitative estimate of drug-likeness (QED) is 0.852. The highest BCUT2D eigenvalue weighted by Gasteiger charge is 2.24. The van der Waals surface area contributed by atoms with E-state index in [1.807, 2.05) is 0 Å². The van der Waals surface area contributed by atoms with Gasteiger partial charge in [0.2, 0.25) is 0 Å². The van der Waals surface area contributed by atoms with E-state index in [0.717, 1.165) is 23.9 Å². The second kappa shape index (κ2) is 7.69. The fraction of sp³-hybridized carbons (Fsp3) is 0.667. The molecule has 2 rings (SSSR count). The molecule has 0 spiro atoms. The first kappa shape index (κ1) is 16.2. The fourth-order valence-corrected chi connectivity index (χ4v) is 3.42. The minimum Gasteiger partial charge on any atom is -0.495 e. The Kier molecular flexibility index (Phi) is 5.92. The number of nitrogens with one attached hydrogen (secondary N) is 1. The van der Waals surface area contributed by atoms with Gasteiger partial charge in [-0.1, -0.05) is 32.3 Å². The molecular formula is C18H30N2O. The zero-order valence-electron chi connectivity index (χ0n) is 14.0. The van der Waals surface area contributed by atoms with Crippen LogP contribution in [-0.2, 0) is 6.54 Å². The lowest BCUT2D eigenvalue weighted by Crippen LogP contribution is -2.32. The Morgan fingerprint density at radius 2 is 2.00 bits per heavy atom. The Labute approximate surface area is 129 Å². The molecule has 0 aliphatic heterocycles. The van der Waals surface area contributed by atoms with Crippen LogP contribution in [0.15, 0.2) is 18.2 Å². The van der Waals surface area contributed by atoms with Gasteiger partial charge in [-0.2, -0.15) is 0 Å². The number of hydrogen-bond acceptors (Lipinski definition) is 3. The van der Waals surface area contributed by atoms with Gasteiger partial charge in [0.25, 0.3) is 0 Å². The molecule has 118 valence electrons. The number of rotatable bonds is 6. The molecule has 1 aromatic rings. The molecule has 21 heavy (non-hydrogen) atoms.